The summed E-state index contributed by atoms with van der Waals surface area (Å²) in [5.41, 5.74) is 1.51. The quantitative estimate of drug-likeness (QED) is 0.473. The number of hydrogen-bond acceptors (Lipinski definition) is 5. The highest BCUT2D eigenvalue weighted by atomic mass is 16.6. The highest BCUT2D eigenvalue weighted by Gasteiger charge is 2.32. The summed E-state index contributed by atoms with van der Waals surface area (Å²) in [6, 6.07) is 5.14. The molecule has 102 valence electrons. The first-order valence-corrected chi connectivity index (χ1v) is 6.10. The van der Waals surface area contributed by atoms with Gasteiger partial charge in [-0.25, -0.2) is 0 Å². The largest absolute Gasteiger partial charge is 0.469 e. The molecule has 0 N–H and O–H groups in total. The van der Waals surface area contributed by atoms with Crippen LogP contribution in [0.4, 0.5) is 11.4 Å². The summed E-state index contributed by atoms with van der Waals surface area (Å²) >= 11 is 0. The van der Waals surface area contributed by atoms with E-state index < -0.39 is 0 Å². The topological polar surface area (TPSA) is 72.7 Å². The molecule has 1 saturated heterocycles. The molecular formula is C13H16N2O4. The number of esters is 1. The van der Waals surface area contributed by atoms with Crippen LogP contribution in [0.3, 0.4) is 0 Å². The summed E-state index contributed by atoms with van der Waals surface area (Å²) in [7, 11) is 1.36. The summed E-state index contributed by atoms with van der Waals surface area (Å²) in [5, 5.41) is 11.1. The normalized spacial score (nSPS) is 18.4. The van der Waals surface area contributed by atoms with Gasteiger partial charge in [-0.1, -0.05) is 6.07 Å². The van der Waals surface area contributed by atoms with Gasteiger partial charge in [0.2, 0.25) is 0 Å². The van der Waals surface area contributed by atoms with E-state index in [1.54, 1.807) is 12.1 Å². The van der Waals surface area contributed by atoms with Crippen molar-refractivity contribution in [3.8, 4) is 0 Å². The molecule has 0 aliphatic carbocycles. The van der Waals surface area contributed by atoms with Crippen molar-refractivity contribution >= 4 is 17.3 Å². The zero-order valence-electron chi connectivity index (χ0n) is 11.0. The number of nitrogens with zero attached hydrogens (tertiary/aromatic N) is 2. The predicted molar refractivity (Wildman–Crippen MR) is 70.2 cm³/mol. The predicted octanol–water partition coefficient (Wildman–Crippen LogP) is 1.90. The third-order valence-electron chi connectivity index (χ3n) is 3.39. The third kappa shape index (κ3) is 2.67. The molecule has 0 amide bonds. The van der Waals surface area contributed by atoms with Gasteiger partial charge < -0.3 is 9.64 Å². The van der Waals surface area contributed by atoms with E-state index in [1.165, 1.54) is 7.11 Å². The molecule has 0 aromatic heterocycles. The van der Waals surface area contributed by atoms with Gasteiger partial charge in [0.25, 0.3) is 5.69 Å². The van der Waals surface area contributed by atoms with Crippen molar-refractivity contribution in [2.24, 2.45) is 5.92 Å². The average Bonchev–Trinajstić information content (AvgIpc) is 2.87. The van der Waals surface area contributed by atoms with E-state index in [2.05, 4.69) is 0 Å². The molecule has 0 bridgehead atoms. The summed E-state index contributed by atoms with van der Waals surface area (Å²) in [6.07, 6.45) is 0.664. The monoisotopic (exact) mass is 264 g/mol. The standard InChI is InChI=1S/C13H16N2O4/c1-9-3-4-11(12(7-9)15(17)18)14-6-5-10(8-14)13(16)19-2/h3-4,7,10H,5-6,8H2,1-2H3. The third-order valence-corrected chi connectivity index (χ3v) is 3.39. The molecule has 6 nitrogen and oxygen atoms in total. The summed E-state index contributed by atoms with van der Waals surface area (Å²) in [5.74, 6) is -0.455. The van der Waals surface area contributed by atoms with Crippen molar-refractivity contribution in [2.45, 2.75) is 13.3 Å². The maximum atomic E-state index is 11.5. The number of carbonyl (C=O) groups excluding carboxylic acids is 1. The molecule has 1 fully saturated rings. The van der Waals surface area contributed by atoms with Gasteiger partial charge in [0, 0.05) is 19.2 Å². The maximum absolute atomic E-state index is 11.5. The lowest BCUT2D eigenvalue weighted by atomic mass is 10.1. The molecule has 19 heavy (non-hydrogen) atoms. The molecule has 1 atom stereocenters. The molecule has 1 aromatic carbocycles. The lowest BCUT2D eigenvalue weighted by Gasteiger charge is -2.18. The highest BCUT2D eigenvalue weighted by Crippen LogP contribution is 2.33. The van der Waals surface area contributed by atoms with Gasteiger partial charge in [-0.15, -0.1) is 0 Å². The Morgan fingerprint density at radius 3 is 2.89 bits per heavy atom. The Bertz CT molecular complexity index is 515. The van der Waals surface area contributed by atoms with Gasteiger partial charge in [-0.3, -0.25) is 14.9 Å². The van der Waals surface area contributed by atoms with E-state index in [0.29, 0.717) is 25.2 Å². The van der Waals surface area contributed by atoms with Crippen molar-refractivity contribution in [1.29, 1.82) is 0 Å². The molecule has 6 heteroatoms. The van der Waals surface area contributed by atoms with Crippen LogP contribution in [0.25, 0.3) is 0 Å². The zero-order chi connectivity index (χ0) is 14.0. The van der Waals surface area contributed by atoms with E-state index in [4.69, 9.17) is 4.74 Å². The minimum absolute atomic E-state index is 0.0884. The van der Waals surface area contributed by atoms with Crippen LogP contribution in [0, 0.1) is 23.0 Å². The number of ether oxygens (including phenoxy) is 1. The Hall–Kier alpha value is -2.11. The fraction of sp³-hybridized carbons (Fsp3) is 0.462. The van der Waals surface area contributed by atoms with E-state index in [1.807, 2.05) is 17.9 Å². The average molecular weight is 264 g/mol. The summed E-state index contributed by atoms with van der Waals surface area (Å²) < 4.78 is 4.72. The second-order valence-corrected chi connectivity index (χ2v) is 4.70. The molecule has 1 aliphatic heterocycles. The van der Waals surface area contributed by atoms with Crippen molar-refractivity contribution in [1.82, 2.24) is 0 Å². The number of anilines is 1. The van der Waals surface area contributed by atoms with E-state index >= 15 is 0 Å². The molecule has 0 radical (unpaired) electrons. The minimum Gasteiger partial charge on any atom is -0.469 e. The van der Waals surface area contributed by atoms with Crippen LogP contribution in [0.2, 0.25) is 0 Å². The number of carbonyl (C=O) groups is 1. The number of aryl methyl sites for hydroxylation is 1. The molecule has 2 rings (SSSR count). The van der Waals surface area contributed by atoms with Gasteiger partial charge in [0.15, 0.2) is 0 Å². The van der Waals surface area contributed by atoms with E-state index in [9.17, 15) is 14.9 Å². The molecular weight excluding hydrogens is 248 g/mol. The summed E-state index contributed by atoms with van der Waals surface area (Å²) in [4.78, 5) is 24.1. The number of benzene rings is 1. The molecule has 1 unspecified atom stereocenters. The Kier molecular flexibility index (Phi) is 3.69. The van der Waals surface area contributed by atoms with Gasteiger partial charge in [0.05, 0.1) is 18.0 Å². The minimum atomic E-state index is -0.381. The van der Waals surface area contributed by atoms with Gasteiger partial charge >= 0.3 is 5.97 Å². The Balaban J connectivity index is 2.24. The second-order valence-electron chi connectivity index (χ2n) is 4.70. The van der Waals surface area contributed by atoms with Crippen molar-refractivity contribution < 1.29 is 14.5 Å². The zero-order valence-corrected chi connectivity index (χ0v) is 11.0. The molecule has 1 aromatic rings. The fourth-order valence-corrected chi connectivity index (χ4v) is 2.39. The fourth-order valence-electron chi connectivity index (χ4n) is 2.39. The van der Waals surface area contributed by atoms with Crippen LogP contribution < -0.4 is 4.90 Å². The van der Waals surface area contributed by atoms with Crippen molar-refractivity contribution in [2.75, 3.05) is 25.1 Å². The first-order valence-electron chi connectivity index (χ1n) is 6.10. The summed E-state index contributed by atoms with van der Waals surface area (Å²) in [6.45, 7) is 2.91. The lowest BCUT2D eigenvalue weighted by molar-refractivity contribution is -0.384. The van der Waals surface area contributed by atoms with Gasteiger partial charge in [0.1, 0.15) is 5.69 Å². The number of rotatable bonds is 3. The first kappa shape index (κ1) is 13.3. The van der Waals surface area contributed by atoms with Crippen LogP contribution >= 0.6 is 0 Å². The van der Waals surface area contributed by atoms with Crippen molar-refractivity contribution in [3.05, 3.63) is 33.9 Å². The first-order chi connectivity index (χ1) is 9.02. The number of methoxy groups -OCH3 is 1. The second kappa shape index (κ2) is 5.26. The highest BCUT2D eigenvalue weighted by molar-refractivity contribution is 5.75. The Morgan fingerprint density at radius 1 is 1.53 bits per heavy atom. The SMILES string of the molecule is COC(=O)C1CCN(c2ccc(C)cc2[N+](=O)[O-])C1. The van der Waals surface area contributed by atoms with Crippen LogP contribution in [0.1, 0.15) is 12.0 Å². The van der Waals surface area contributed by atoms with Gasteiger partial charge in [-0.2, -0.15) is 0 Å². The van der Waals surface area contributed by atoms with Crippen LogP contribution in [-0.4, -0.2) is 31.1 Å². The Labute approximate surface area is 111 Å². The van der Waals surface area contributed by atoms with Crippen LogP contribution in [0.5, 0.6) is 0 Å². The van der Waals surface area contributed by atoms with Gasteiger partial charge in [-0.05, 0) is 25.0 Å². The van der Waals surface area contributed by atoms with Crippen molar-refractivity contribution in [3.63, 3.8) is 0 Å². The number of hydrogen-bond donors (Lipinski definition) is 0. The van der Waals surface area contributed by atoms with Crippen LogP contribution in [0.15, 0.2) is 18.2 Å². The lowest BCUT2D eigenvalue weighted by Crippen LogP contribution is -2.24. The molecule has 1 aliphatic rings. The smallest absolute Gasteiger partial charge is 0.310 e. The molecule has 1 heterocycles. The van der Waals surface area contributed by atoms with Crippen LogP contribution in [-0.2, 0) is 9.53 Å². The Morgan fingerprint density at radius 2 is 2.26 bits per heavy atom. The van der Waals surface area contributed by atoms with E-state index in [0.717, 1.165) is 5.56 Å². The van der Waals surface area contributed by atoms with E-state index in [-0.39, 0.29) is 22.5 Å². The number of nitro benzene ring substituents is 1. The molecule has 0 saturated carbocycles. The maximum Gasteiger partial charge on any atom is 0.310 e. The number of nitro groups is 1. The molecule has 0 spiro atoms.